The average Bonchev–Trinajstić information content (AvgIpc) is 2.39. The molecule has 0 amide bonds. The van der Waals surface area contributed by atoms with Gasteiger partial charge in [-0.25, -0.2) is 0 Å². The molecule has 19 heavy (non-hydrogen) atoms. The minimum Gasteiger partial charge on any atom is -0.433 e. The predicted molar refractivity (Wildman–Crippen MR) is 64.0 cm³/mol. The van der Waals surface area contributed by atoms with Crippen molar-refractivity contribution < 1.29 is 34.7 Å². The van der Waals surface area contributed by atoms with Gasteiger partial charge in [0.05, 0.1) is 6.61 Å². The van der Waals surface area contributed by atoms with Crippen LogP contribution in [0.25, 0.3) is 0 Å². The van der Waals surface area contributed by atoms with Crippen LogP contribution in [0.2, 0.25) is 0 Å². The van der Waals surface area contributed by atoms with Gasteiger partial charge in [0.15, 0.2) is 0 Å². The van der Waals surface area contributed by atoms with Crippen molar-refractivity contribution in [1.82, 2.24) is 0 Å². The van der Waals surface area contributed by atoms with Crippen LogP contribution < -0.4 is 0 Å². The van der Waals surface area contributed by atoms with Crippen LogP contribution in [0.1, 0.15) is 32.6 Å². The Bertz CT molecular complexity index is 281. The number of carbonyl (C=O) groups is 1. The maximum absolute atomic E-state index is 11.5. The van der Waals surface area contributed by atoms with Crippen LogP contribution in [0.4, 0.5) is 0 Å². The molecular formula is C12H22O7. The van der Waals surface area contributed by atoms with Gasteiger partial charge in [-0.1, -0.05) is 19.8 Å². The smallest absolute Gasteiger partial charge is 0.308 e. The third kappa shape index (κ3) is 4.39. The number of rotatable bonds is 6. The summed E-state index contributed by atoms with van der Waals surface area (Å²) < 4.78 is 9.96. The first-order chi connectivity index (χ1) is 9.01. The van der Waals surface area contributed by atoms with Crippen molar-refractivity contribution in [2.45, 2.75) is 63.3 Å². The number of hydrogen-bond donors (Lipinski definition) is 4. The zero-order chi connectivity index (χ0) is 14.4. The SMILES string of the molecule is CCCCCC(=O)OC1O[C@H](CO)[C@@H](O)[C@H](O)[C@H]1O. The summed E-state index contributed by atoms with van der Waals surface area (Å²) in [4.78, 5) is 11.5. The number of aliphatic hydroxyl groups is 4. The lowest BCUT2D eigenvalue weighted by atomic mass is 9.99. The Kier molecular flexibility index (Phi) is 6.67. The third-order valence-electron chi connectivity index (χ3n) is 3.08. The number of carbonyl (C=O) groups excluding carboxylic acids is 1. The highest BCUT2D eigenvalue weighted by Crippen LogP contribution is 2.22. The van der Waals surface area contributed by atoms with Crippen LogP contribution in [0, 0.1) is 0 Å². The van der Waals surface area contributed by atoms with Gasteiger partial charge in [0.1, 0.15) is 24.4 Å². The van der Waals surface area contributed by atoms with Crippen molar-refractivity contribution in [2.24, 2.45) is 0 Å². The molecule has 1 rings (SSSR count). The molecule has 7 nitrogen and oxygen atoms in total. The van der Waals surface area contributed by atoms with E-state index in [9.17, 15) is 20.1 Å². The molecule has 1 aliphatic heterocycles. The van der Waals surface area contributed by atoms with Gasteiger partial charge >= 0.3 is 5.97 Å². The lowest BCUT2D eigenvalue weighted by molar-refractivity contribution is -0.292. The Morgan fingerprint density at radius 2 is 1.84 bits per heavy atom. The van der Waals surface area contributed by atoms with E-state index in [2.05, 4.69) is 0 Å². The van der Waals surface area contributed by atoms with Gasteiger partial charge in [-0.3, -0.25) is 4.79 Å². The molecule has 112 valence electrons. The van der Waals surface area contributed by atoms with E-state index in [0.717, 1.165) is 12.8 Å². The number of unbranched alkanes of at least 4 members (excludes halogenated alkanes) is 2. The molecule has 0 aliphatic carbocycles. The van der Waals surface area contributed by atoms with Crippen LogP contribution >= 0.6 is 0 Å². The van der Waals surface area contributed by atoms with Gasteiger partial charge in [-0.2, -0.15) is 0 Å². The van der Waals surface area contributed by atoms with E-state index < -0.39 is 43.3 Å². The first kappa shape index (κ1) is 16.3. The Morgan fingerprint density at radius 1 is 1.16 bits per heavy atom. The highest BCUT2D eigenvalue weighted by Gasteiger charge is 2.45. The van der Waals surface area contributed by atoms with Gasteiger partial charge in [0.25, 0.3) is 0 Å². The summed E-state index contributed by atoms with van der Waals surface area (Å²) in [6, 6.07) is 0. The minimum atomic E-state index is -1.53. The van der Waals surface area contributed by atoms with Gasteiger partial charge in [0.2, 0.25) is 6.29 Å². The number of hydrogen-bond acceptors (Lipinski definition) is 7. The van der Waals surface area contributed by atoms with E-state index in [1.54, 1.807) is 0 Å². The van der Waals surface area contributed by atoms with E-state index in [1.807, 2.05) is 6.92 Å². The normalized spacial score (nSPS) is 35.1. The predicted octanol–water partition coefficient (Wildman–Crippen LogP) is -1.09. The summed E-state index contributed by atoms with van der Waals surface area (Å²) in [6.45, 7) is 1.46. The summed E-state index contributed by atoms with van der Waals surface area (Å²) in [5.74, 6) is -0.544. The molecule has 0 aromatic carbocycles. The second-order valence-electron chi connectivity index (χ2n) is 4.64. The average molecular weight is 278 g/mol. The summed E-state index contributed by atoms with van der Waals surface area (Å²) >= 11 is 0. The Morgan fingerprint density at radius 3 is 2.42 bits per heavy atom. The Balaban J connectivity index is 2.49. The summed E-state index contributed by atoms with van der Waals surface area (Å²) in [6.07, 6.45) is -4.22. The lowest BCUT2D eigenvalue weighted by Gasteiger charge is -2.39. The Hall–Kier alpha value is -0.730. The molecule has 0 aromatic heterocycles. The van der Waals surface area contributed by atoms with Crippen LogP contribution in [0.3, 0.4) is 0 Å². The van der Waals surface area contributed by atoms with Crippen molar-refractivity contribution in [3.63, 3.8) is 0 Å². The van der Waals surface area contributed by atoms with Crippen molar-refractivity contribution >= 4 is 5.97 Å². The van der Waals surface area contributed by atoms with Crippen molar-refractivity contribution in [3.8, 4) is 0 Å². The molecular weight excluding hydrogens is 256 g/mol. The van der Waals surface area contributed by atoms with Crippen molar-refractivity contribution in [1.29, 1.82) is 0 Å². The third-order valence-corrected chi connectivity index (χ3v) is 3.08. The second-order valence-corrected chi connectivity index (χ2v) is 4.64. The minimum absolute atomic E-state index is 0.197. The first-order valence-corrected chi connectivity index (χ1v) is 6.51. The molecule has 1 saturated heterocycles. The lowest BCUT2D eigenvalue weighted by Crippen LogP contribution is -2.59. The Labute approximate surface area is 111 Å². The molecule has 1 fully saturated rings. The van der Waals surface area contributed by atoms with E-state index in [0.29, 0.717) is 6.42 Å². The molecule has 4 N–H and O–H groups in total. The summed E-state index contributed by atoms with van der Waals surface area (Å²) in [5.41, 5.74) is 0. The largest absolute Gasteiger partial charge is 0.433 e. The van der Waals surface area contributed by atoms with Crippen LogP contribution in [-0.4, -0.2) is 63.7 Å². The van der Waals surface area contributed by atoms with Crippen LogP contribution in [-0.2, 0) is 14.3 Å². The van der Waals surface area contributed by atoms with Crippen LogP contribution in [0.5, 0.6) is 0 Å². The number of ether oxygens (including phenoxy) is 2. The highest BCUT2D eigenvalue weighted by atomic mass is 16.7. The fraction of sp³-hybridized carbons (Fsp3) is 0.917. The highest BCUT2D eigenvalue weighted by molar-refractivity contribution is 5.69. The molecule has 0 saturated carbocycles. The fourth-order valence-corrected chi connectivity index (χ4v) is 1.87. The molecule has 0 radical (unpaired) electrons. The van der Waals surface area contributed by atoms with Gasteiger partial charge in [0, 0.05) is 6.42 Å². The van der Waals surface area contributed by atoms with Crippen molar-refractivity contribution in [3.05, 3.63) is 0 Å². The first-order valence-electron chi connectivity index (χ1n) is 6.51. The quantitative estimate of drug-likeness (QED) is 0.360. The van der Waals surface area contributed by atoms with E-state index in [4.69, 9.17) is 14.6 Å². The maximum Gasteiger partial charge on any atom is 0.308 e. The van der Waals surface area contributed by atoms with Crippen LogP contribution in [0.15, 0.2) is 0 Å². The topological polar surface area (TPSA) is 116 Å². The second kappa shape index (κ2) is 7.76. The van der Waals surface area contributed by atoms with E-state index in [1.165, 1.54) is 0 Å². The monoisotopic (exact) mass is 278 g/mol. The summed E-state index contributed by atoms with van der Waals surface area (Å²) in [5, 5.41) is 37.7. The van der Waals surface area contributed by atoms with Gasteiger partial charge < -0.3 is 29.9 Å². The number of aliphatic hydroxyl groups excluding tert-OH is 4. The zero-order valence-electron chi connectivity index (χ0n) is 10.9. The molecule has 0 aromatic rings. The standard InChI is InChI=1S/C12H22O7/c1-2-3-4-5-8(14)19-12-11(17)10(16)9(15)7(6-13)18-12/h7,9-13,15-17H,2-6H2,1H3/t7-,9-,10+,11-,12?/m1/s1. The molecule has 0 bridgehead atoms. The maximum atomic E-state index is 11.5. The zero-order valence-corrected chi connectivity index (χ0v) is 10.9. The fourth-order valence-electron chi connectivity index (χ4n) is 1.87. The molecule has 0 spiro atoms. The molecule has 7 heteroatoms. The molecule has 1 heterocycles. The van der Waals surface area contributed by atoms with Crippen molar-refractivity contribution in [2.75, 3.05) is 6.61 Å². The summed E-state index contributed by atoms with van der Waals surface area (Å²) in [7, 11) is 0. The van der Waals surface area contributed by atoms with Gasteiger partial charge in [-0.15, -0.1) is 0 Å². The molecule has 1 aliphatic rings. The van der Waals surface area contributed by atoms with E-state index in [-0.39, 0.29) is 6.42 Å². The number of esters is 1. The van der Waals surface area contributed by atoms with E-state index >= 15 is 0 Å². The molecule has 1 unspecified atom stereocenters. The molecule has 5 atom stereocenters. The van der Waals surface area contributed by atoms with Gasteiger partial charge in [-0.05, 0) is 6.42 Å².